The van der Waals surface area contributed by atoms with Crippen molar-refractivity contribution < 1.29 is 14.4 Å². The Morgan fingerprint density at radius 3 is 2.24 bits per heavy atom. The first-order valence-electron chi connectivity index (χ1n) is 13.2. The number of hydrogen-bond donors (Lipinski definition) is 3. The standard InChI is InChI=1S/C29H41N5O3/c1-21(31-3)27(35)32-22(2)28(36)34-17-10-15-25(34)20-33(18-16-23-11-6-4-7-12-23)29(37)26(30)19-24-13-8-5-9-14-24/h4-9,11-14,21-22,25-26,31H,10,15-20,30H2,1-3H3,(H,32,35)/t21-,22?,25-,26+/m0/s1. The molecule has 1 aliphatic rings. The number of likely N-dealkylation sites (tertiary alicyclic amines) is 1. The molecule has 200 valence electrons. The van der Waals surface area contributed by atoms with Crippen LogP contribution in [-0.4, -0.2) is 78.4 Å². The Morgan fingerprint density at radius 1 is 1.00 bits per heavy atom. The summed E-state index contributed by atoms with van der Waals surface area (Å²) >= 11 is 0. The van der Waals surface area contributed by atoms with Gasteiger partial charge in [-0.05, 0) is 57.7 Å². The van der Waals surface area contributed by atoms with E-state index in [1.165, 1.54) is 0 Å². The fourth-order valence-electron chi connectivity index (χ4n) is 4.74. The molecule has 0 bridgehead atoms. The van der Waals surface area contributed by atoms with Crippen molar-refractivity contribution in [2.24, 2.45) is 5.73 Å². The molecule has 1 fully saturated rings. The molecule has 1 aliphatic heterocycles. The molecule has 1 unspecified atom stereocenters. The number of nitrogens with one attached hydrogen (secondary N) is 2. The van der Waals surface area contributed by atoms with Gasteiger partial charge < -0.3 is 26.2 Å². The quantitative estimate of drug-likeness (QED) is 0.406. The maximum absolute atomic E-state index is 13.6. The Bertz CT molecular complexity index is 1020. The average molecular weight is 508 g/mol. The summed E-state index contributed by atoms with van der Waals surface area (Å²) < 4.78 is 0. The SMILES string of the molecule is CN[C@@H](C)C(=O)NC(C)C(=O)N1CCC[C@H]1CN(CCc1ccccc1)C(=O)[C@H](N)Cc1ccccc1. The number of benzene rings is 2. The second-order valence-corrected chi connectivity index (χ2v) is 9.88. The van der Waals surface area contributed by atoms with Gasteiger partial charge in [0, 0.05) is 25.7 Å². The normalized spacial score (nSPS) is 17.6. The van der Waals surface area contributed by atoms with E-state index >= 15 is 0 Å². The van der Waals surface area contributed by atoms with Crippen molar-refractivity contribution >= 4 is 17.7 Å². The first kappa shape index (κ1) is 28.3. The van der Waals surface area contributed by atoms with Gasteiger partial charge in [0.2, 0.25) is 17.7 Å². The average Bonchev–Trinajstić information content (AvgIpc) is 3.38. The smallest absolute Gasteiger partial charge is 0.245 e. The third kappa shape index (κ3) is 8.13. The number of nitrogens with zero attached hydrogens (tertiary/aromatic N) is 2. The summed E-state index contributed by atoms with van der Waals surface area (Å²) in [5, 5.41) is 5.69. The number of carbonyl (C=O) groups excluding carboxylic acids is 3. The lowest BCUT2D eigenvalue weighted by molar-refractivity contribution is -0.139. The highest BCUT2D eigenvalue weighted by atomic mass is 16.2. The van der Waals surface area contributed by atoms with Gasteiger partial charge in [0.15, 0.2) is 0 Å². The Balaban J connectivity index is 1.70. The zero-order chi connectivity index (χ0) is 26.8. The third-order valence-electron chi connectivity index (χ3n) is 7.09. The van der Waals surface area contributed by atoms with Gasteiger partial charge in [-0.15, -0.1) is 0 Å². The topological polar surface area (TPSA) is 108 Å². The molecule has 3 rings (SSSR count). The number of nitrogens with two attached hydrogens (primary N) is 1. The molecule has 0 spiro atoms. The number of carbonyl (C=O) groups is 3. The van der Waals surface area contributed by atoms with Crippen LogP contribution < -0.4 is 16.4 Å². The van der Waals surface area contributed by atoms with Gasteiger partial charge in [-0.25, -0.2) is 0 Å². The summed E-state index contributed by atoms with van der Waals surface area (Å²) in [5.41, 5.74) is 8.57. The van der Waals surface area contributed by atoms with Gasteiger partial charge in [0.1, 0.15) is 6.04 Å². The molecule has 0 aliphatic carbocycles. The minimum Gasteiger partial charge on any atom is -0.343 e. The van der Waals surface area contributed by atoms with E-state index in [1.807, 2.05) is 58.3 Å². The van der Waals surface area contributed by atoms with Crippen LogP contribution in [0.2, 0.25) is 0 Å². The molecule has 0 saturated carbocycles. The van der Waals surface area contributed by atoms with Crippen LogP contribution in [0.4, 0.5) is 0 Å². The first-order valence-corrected chi connectivity index (χ1v) is 13.2. The summed E-state index contributed by atoms with van der Waals surface area (Å²) in [7, 11) is 1.71. The summed E-state index contributed by atoms with van der Waals surface area (Å²) in [5.74, 6) is -0.447. The largest absolute Gasteiger partial charge is 0.343 e. The number of amides is 3. The summed E-state index contributed by atoms with van der Waals surface area (Å²) in [6.07, 6.45) is 2.84. The zero-order valence-electron chi connectivity index (χ0n) is 22.2. The fraction of sp³-hybridized carbons (Fsp3) is 0.483. The van der Waals surface area contributed by atoms with E-state index in [1.54, 1.807) is 20.9 Å². The maximum atomic E-state index is 13.6. The minimum atomic E-state index is -0.662. The van der Waals surface area contributed by atoms with Crippen LogP contribution in [0, 0.1) is 0 Å². The first-order chi connectivity index (χ1) is 17.8. The van der Waals surface area contributed by atoms with Gasteiger partial charge in [0.25, 0.3) is 0 Å². The van der Waals surface area contributed by atoms with E-state index < -0.39 is 12.1 Å². The van der Waals surface area contributed by atoms with Crippen LogP contribution in [0.1, 0.15) is 37.8 Å². The van der Waals surface area contributed by atoms with E-state index in [0.29, 0.717) is 32.5 Å². The molecule has 8 nitrogen and oxygen atoms in total. The van der Waals surface area contributed by atoms with Crippen LogP contribution in [0.5, 0.6) is 0 Å². The van der Waals surface area contributed by atoms with Crippen LogP contribution in [0.3, 0.4) is 0 Å². The molecule has 2 aromatic rings. The molecule has 1 saturated heterocycles. The fourth-order valence-corrected chi connectivity index (χ4v) is 4.74. The molecular formula is C29H41N5O3. The molecule has 0 radical (unpaired) electrons. The predicted octanol–water partition coefficient (Wildman–Crippen LogP) is 1.73. The molecule has 4 N–H and O–H groups in total. The Kier molecular flexibility index (Phi) is 10.7. The van der Waals surface area contributed by atoms with E-state index in [2.05, 4.69) is 22.8 Å². The molecule has 0 aromatic heterocycles. The highest BCUT2D eigenvalue weighted by molar-refractivity contribution is 5.89. The molecule has 37 heavy (non-hydrogen) atoms. The maximum Gasteiger partial charge on any atom is 0.245 e. The molecule has 4 atom stereocenters. The van der Waals surface area contributed by atoms with E-state index in [0.717, 1.165) is 24.0 Å². The number of likely N-dealkylation sites (N-methyl/N-ethyl adjacent to an activating group) is 1. The Hall–Kier alpha value is -3.23. The lowest BCUT2D eigenvalue weighted by atomic mass is 10.0. The lowest BCUT2D eigenvalue weighted by Crippen LogP contribution is -2.55. The highest BCUT2D eigenvalue weighted by Crippen LogP contribution is 2.20. The van der Waals surface area contributed by atoms with Crippen molar-refractivity contribution in [3.63, 3.8) is 0 Å². The van der Waals surface area contributed by atoms with Crippen LogP contribution >= 0.6 is 0 Å². The second-order valence-electron chi connectivity index (χ2n) is 9.88. The van der Waals surface area contributed by atoms with E-state index in [4.69, 9.17) is 5.73 Å². The van der Waals surface area contributed by atoms with Crippen molar-refractivity contribution in [1.29, 1.82) is 0 Å². The van der Waals surface area contributed by atoms with Crippen molar-refractivity contribution in [1.82, 2.24) is 20.4 Å². The van der Waals surface area contributed by atoms with E-state index in [-0.39, 0.29) is 29.8 Å². The van der Waals surface area contributed by atoms with Gasteiger partial charge in [-0.3, -0.25) is 14.4 Å². The number of rotatable bonds is 12. The van der Waals surface area contributed by atoms with Crippen molar-refractivity contribution in [2.75, 3.05) is 26.7 Å². The van der Waals surface area contributed by atoms with Gasteiger partial charge in [-0.1, -0.05) is 60.7 Å². The molecule has 3 amide bonds. The predicted molar refractivity (Wildman–Crippen MR) is 146 cm³/mol. The van der Waals surface area contributed by atoms with Crippen LogP contribution in [0.25, 0.3) is 0 Å². The lowest BCUT2D eigenvalue weighted by Gasteiger charge is -2.34. The monoisotopic (exact) mass is 507 g/mol. The van der Waals surface area contributed by atoms with Crippen molar-refractivity contribution in [3.8, 4) is 0 Å². The molecule has 2 aromatic carbocycles. The van der Waals surface area contributed by atoms with Crippen molar-refractivity contribution in [3.05, 3.63) is 71.8 Å². The highest BCUT2D eigenvalue weighted by Gasteiger charge is 2.35. The Morgan fingerprint density at radius 2 is 1.62 bits per heavy atom. The zero-order valence-corrected chi connectivity index (χ0v) is 22.2. The van der Waals surface area contributed by atoms with Gasteiger partial charge in [0.05, 0.1) is 12.1 Å². The number of hydrogen-bond acceptors (Lipinski definition) is 5. The minimum absolute atomic E-state index is 0.108. The van der Waals surface area contributed by atoms with Gasteiger partial charge in [-0.2, -0.15) is 0 Å². The van der Waals surface area contributed by atoms with Gasteiger partial charge >= 0.3 is 0 Å². The van der Waals surface area contributed by atoms with Crippen LogP contribution in [0.15, 0.2) is 60.7 Å². The summed E-state index contributed by atoms with van der Waals surface area (Å²) in [4.78, 5) is 42.8. The van der Waals surface area contributed by atoms with Crippen molar-refractivity contribution in [2.45, 2.75) is 63.7 Å². The van der Waals surface area contributed by atoms with E-state index in [9.17, 15) is 14.4 Å². The summed E-state index contributed by atoms with van der Waals surface area (Å²) in [6, 6.07) is 18.0. The molecular weight excluding hydrogens is 466 g/mol. The summed E-state index contributed by atoms with van der Waals surface area (Å²) in [6.45, 7) is 5.03. The molecule has 8 heteroatoms. The Labute approximate surface area is 220 Å². The van der Waals surface area contributed by atoms with Crippen LogP contribution in [-0.2, 0) is 27.2 Å². The third-order valence-corrected chi connectivity index (χ3v) is 7.09. The second kappa shape index (κ2) is 13.9. The molecule has 1 heterocycles.